The molecule has 0 amide bonds. The van der Waals surface area contributed by atoms with E-state index >= 15 is 0 Å². The molecule has 1 atom stereocenters. The van der Waals surface area contributed by atoms with Crippen molar-refractivity contribution in [3.8, 4) is 0 Å². The summed E-state index contributed by atoms with van der Waals surface area (Å²) in [5.41, 5.74) is 0. The summed E-state index contributed by atoms with van der Waals surface area (Å²) in [6, 6.07) is 0. The van der Waals surface area contributed by atoms with Gasteiger partial charge in [0, 0.05) is 6.54 Å². The molecule has 0 aliphatic carbocycles. The van der Waals surface area contributed by atoms with Crippen molar-refractivity contribution in [2.24, 2.45) is 5.92 Å². The lowest BCUT2D eigenvalue weighted by Gasteiger charge is -2.33. The number of aliphatic hydroxyl groups excluding tert-OH is 2. The average Bonchev–Trinajstić information content (AvgIpc) is 2.17. The van der Waals surface area contributed by atoms with Gasteiger partial charge in [-0.25, -0.2) is 0 Å². The minimum atomic E-state index is -4.10. The number of β-amino-alcohol motifs (C(OH)–C–C–N with tert-alkyl or cyclic N) is 1. The molecule has 0 spiro atoms. The number of rotatable bonds is 3. The van der Waals surface area contributed by atoms with E-state index < -0.39 is 18.2 Å². The highest BCUT2D eigenvalue weighted by Gasteiger charge is 2.41. The molecule has 0 aromatic rings. The molecule has 1 rings (SSSR count). The van der Waals surface area contributed by atoms with Crippen LogP contribution in [0.1, 0.15) is 12.8 Å². The van der Waals surface area contributed by atoms with E-state index in [-0.39, 0.29) is 26.0 Å². The second-order valence-corrected chi connectivity index (χ2v) is 3.95. The van der Waals surface area contributed by atoms with Crippen molar-refractivity contribution < 1.29 is 23.4 Å². The number of hydrogen-bond donors (Lipinski definition) is 2. The minimum absolute atomic E-state index is 0.0850. The molecular weight excluding hydrogens is 211 g/mol. The van der Waals surface area contributed by atoms with Crippen molar-refractivity contribution in [2.75, 3.05) is 26.2 Å². The first-order valence-corrected chi connectivity index (χ1v) is 5.01. The van der Waals surface area contributed by atoms with Crippen molar-refractivity contribution in [2.45, 2.75) is 25.1 Å². The standard InChI is InChI=1S/C9H16F3NO2/c10-9(11,12)7-1-3-13(4-2-7)5-8(15)6-14/h7-8,14-15H,1-6H2. The van der Waals surface area contributed by atoms with Crippen molar-refractivity contribution in [3.05, 3.63) is 0 Å². The first-order valence-electron chi connectivity index (χ1n) is 5.01. The maximum absolute atomic E-state index is 12.3. The molecule has 6 heteroatoms. The molecule has 1 unspecified atom stereocenters. The predicted molar refractivity (Wildman–Crippen MR) is 48.3 cm³/mol. The van der Waals surface area contributed by atoms with E-state index in [1.54, 1.807) is 4.90 Å². The summed E-state index contributed by atoms with van der Waals surface area (Å²) in [6.45, 7) is 0.572. The third-order valence-electron chi connectivity index (χ3n) is 2.73. The Bertz CT molecular complexity index is 190. The van der Waals surface area contributed by atoms with Crippen LogP contribution in [0.5, 0.6) is 0 Å². The molecule has 0 aromatic heterocycles. The fourth-order valence-corrected chi connectivity index (χ4v) is 1.80. The summed E-state index contributed by atoms with van der Waals surface area (Å²) in [6.07, 6.45) is -4.78. The Balaban J connectivity index is 2.30. The topological polar surface area (TPSA) is 43.7 Å². The van der Waals surface area contributed by atoms with E-state index in [4.69, 9.17) is 10.2 Å². The van der Waals surface area contributed by atoms with Crippen LogP contribution in [0.25, 0.3) is 0 Å². The molecule has 90 valence electrons. The van der Waals surface area contributed by atoms with E-state index in [1.165, 1.54) is 0 Å². The Kier molecular flexibility index (Phi) is 4.36. The van der Waals surface area contributed by atoms with E-state index in [2.05, 4.69) is 0 Å². The van der Waals surface area contributed by atoms with Crippen molar-refractivity contribution in [3.63, 3.8) is 0 Å². The second-order valence-electron chi connectivity index (χ2n) is 3.95. The van der Waals surface area contributed by atoms with Gasteiger partial charge in [0.1, 0.15) is 0 Å². The van der Waals surface area contributed by atoms with E-state index in [0.717, 1.165) is 0 Å². The fourth-order valence-electron chi connectivity index (χ4n) is 1.80. The second kappa shape index (κ2) is 5.14. The molecule has 15 heavy (non-hydrogen) atoms. The van der Waals surface area contributed by atoms with Crippen LogP contribution in [-0.4, -0.2) is 53.6 Å². The van der Waals surface area contributed by atoms with Crippen LogP contribution in [0.15, 0.2) is 0 Å². The number of aliphatic hydroxyl groups is 2. The molecular formula is C9H16F3NO2. The summed E-state index contributed by atoms with van der Waals surface area (Å²) in [5, 5.41) is 17.7. The van der Waals surface area contributed by atoms with Gasteiger partial charge in [-0.2, -0.15) is 13.2 Å². The van der Waals surface area contributed by atoms with E-state index in [9.17, 15) is 13.2 Å². The van der Waals surface area contributed by atoms with Crippen molar-refractivity contribution >= 4 is 0 Å². The Labute approximate surface area is 86.5 Å². The molecule has 1 saturated heterocycles. The third-order valence-corrected chi connectivity index (χ3v) is 2.73. The number of likely N-dealkylation sites (tertiary alicyclic amines) is 1. The van der Waals surface area contributed by atoms with Gasteiger partial charge in [0.05, 0.1) is 18.6 Å². The summed E-state index contributed by atoms with van der Waals surface area (Å²) in [7, 11) is 0. The largest absolute Gasteiger partial charge is 0.394 e. The van der Waals surface area contributed by atoms with Gasteiger partial charge >= 0.3 is 6.18 Å². The molecule has 0 saturated carbocycles. The number of alkyl halides is 3. The lowest BCUT2D eigenvalue weighted by molar-refractivity contribution is -0.185. The Hall–Kier alpha value is -0.330. The number of hydrogen-bond acceptors (Lipinski definition) is 3. The highest BCUT2D eigenvalue weighted by molar-refractivity contribution is 4.78. The van der Waals surface area contributed by atoms with Crippen LogP contribution < -0.4 is 0 Å². The van der Waals surface area contributed by atoms with Crippen LogP contribution in [0.4, 0.5) is 13.2 Å². The fraction of sp³-hybridized carbons (Fsp3) is 1.00. The summed E-state index contributed by atoms with van der Waals surface area (Å²) in [5.74, 6) is -1.21. The summed E-state index contributed by atoms with van der Waals surface area (Å²) < 4.78 is 36.9. The van der Waals surface area contributed by atoms with Gasteiger partial charge in [0.25, 0.3) is 0 Å². The number of halogens is 3. The first kappa shape index (κ1) is 12.7. The predicted octanol–water partition coefficient (Wildman–Crippen LogP) is 0.614. The SMILES string of the molecule is OCC(O)CN1CCC(C(F)(F)F)CC1. The zero-order valence-corrected chi connectivity index (χ0v) is 8.37. The van der Waals surface area contributed by atoms with Gasteiger partial charge in [-0.05, 0) is 25.9 Å². The van der Waals surface area contributed by atoms with E-state index in [1.807, 2.05) is 0 Å². The Morgan fingerprint density at radius 2 is 1.80 bits per heavy atom. The molecule has 2 N–H and O–H groups in total. The van der Waals surface area contributed by atoms with Gasteiger partial charge < -0.3 is 15.1 Å². The molecule has 3 nitrogen and oxygen atoms in total. The maximum atomic E-state index is 12.3. The van der Waals surface area contributed by atoms with Gasteiger partial charge in [-0.15, -0.1) is 0 Å². The molecule has 1 aliphatic heterocycles. The van der Waals surface area contributed by atoms with Crippen LogP contribution in [-0.2, 0) is 0 Å². The van der Waals surface area contributed by atoms with Gasteiger partial charge in [0.15, 0.2) is 0 Å². The Morgan fingerprint density at radius 1 is 1.27 bits per heavy atom. The maximum Gasteiger partial charge on any atom is 0.391 e. The van der Waals surface area contributed by atoms with Crippen LogP contribution in [0.3, 0.4) is 0 Å². The number of nitrogens with zero attached hydrogens (tertiary/aromatic N) is 1. The normalized spacial score (nSPS) is 23.0. The van der Waals surface area contributed by atoms with Gasteiger partial charge in [-0.3, -0.25) is 0 Å². The smallest absolute Gasteiger partial charge is 0.391 e. The lowest BCUT2D eigenvalue weighted by atomic mass is 9.96. The van der Waals surface area contributed by atoms with Crippen LogP contribution in [0, 0.1) is 5.92 Å². The highest BCUT2D eigenvalue weighted by atomic mass is 19.4. The van der Waals surface area contributed by atoms with Crippen LogP contribution >= 0.6 is 0 Å². The third kappa shape index (κ3) is 3.96. The molecule has 1 heterocycles. The van der Waals surface area contributed by atoms with Gasteiger partial charge in [-0.1, -0.05) is 0 Å². The molecule has 0 bridgehead atoms. The average molecular weight is 227 g/mol. The highest BCUT2D eigenvalue weighted by Crippen LogP contribution is 2.33. The monoisotopic (exact) mass is 227 g/mol. The summed E-state index contributed by atoms with van der Waals surface area (Å²) >= 11 is 0. The van der Waals surface area contributed by atoms with Crippen molar-refractivity contribution in [1.82, 2.24) is 4.90 Å². The zero-order valence-electron chi connectivity index (χ0n) is 8.37. The number of piperidine rings is 1. The molecule has 0 aromatic carbocycles. The molecule has 1 fully saturated rings. The van der Waals surface area contributed by atoms with Gasteiger partial charge in [0.2, 0.25) is 0 Å². The lowest BCUT2D eigenvalue weighted by Crippen LogP contribution is -2.42. The van der Waals surface area contributed by atoms with Crippen LogP contribution in [0.2, 0.25) is 0 Å². The summed E-state index contributed by atoms with van der Waals surface area (Å²) in [4.78, 5) is 1.75. The minimum Gasteiger partial charge on any atom is -0.394 e. The van der Waals surface area contributed by atoms with Crippen molar-refractivity contribution in [1.29, 1.82) is 0 Å². The quantitative estimate of drug-likeness (QED) is 0.742. The molecule has 0 radical (unpaired) electrons. The first-order chi connectivity index (χ1) is 6.93. The van der Waals surface area contributed by atoms with E-state index in [0.29, 0.717) is 13.1 Å². The zero-order chi connectivity index (χ0) is 11.5. The molecule has 1 aliphatic rings. The Morgan fingerprint density at radius 3 is 2.20 bits per heavy atom.